The summed E-state index contributed by atoms with van der Waals surface area (Å²) < 4.78 is 9.01. The third-order valence-electron chi connectivity index (χ3n) is 5.81. The molecular weight excluding hydrogens is 406 g/mol. The first kappa shape index (κ1) is 19.6. The number of aromatic nitrogens is 2. The Hall–Kier alpha value is -3.38. The van der Waals surface area contributed by atoms with Gasteiger partial charge in [0.1, 0.15) is 18.0 Å². The highest BCUT2D eigenvalue weighted by Crippen LogP contribution is 2.43. The normalized spacial score (nSPS) is 16.7. The van der Waals surface area contributed by atoms with Crippen LogP contribution in [-0.4, -0.2) is 15.7 Å². The van der Waals surface area contributed by atoms with E-state index in [1.807, 2.05) is 67.1 Å². The van der Waals surface area contributed by atoms with Crippen molar-refractivity contribution in [3.05, 3.63) is 94.1 Å². The summed E-state index contributed by atoms with van der Waals surface area (Å²) in [6.07, 6.45) is 1.41. The third kappa shape index (κ3) is 3.33. The molecule has 0 spiro atoms. The average molecular weight is 430 g/mol. The highest BCUT2D eigenvalue weighted by Gasteiger charge is 2.36. The van der Waals surface area contributed by atoms with E-state index in [9.17, 15) is 4.79 Å². The van der Waals surface area contributed by atoms with Crippen LogP contribution in [0.2, 0.25) is 0 Å². The minimum atomic E-state index is -0.350. The van der Waals surface area contributed by atoms with Gasteiger partial charge in [-0.15, -0.1) is 11.3 Å². The molecule has 2 aromatic heterocycles. The van der Waals surface area contributed by atoms with Crippen LogP contribution in [0.4, 0.5) is 5.82 Å². The topological polar surface area (TPSA) is 56.2 Å². The summed E-state index contributed by atoms with van der Waals surface area (Å²) in [6, 6.07) is 19.7. The maximum Gasteiger partial charge on any atom is 0.338 e. The highest BCUT2D eigenvalue weighted by molar-refractivity contribution is 7.19. The summed E-state index contributed by atoms with van der Waals surface area (Å²) in [5, 5.41) is 9.08. The second-order valence-electron chi connectivity index (χ2n) is 7.77. The van der Waals surface area contributed by atoms with Crippen LogP contribution in [0.1, 0.15) is 42.0 Å². The van der Waals surface area contributed by atoms with Crippen LogP contribution < -0.4 is 5.32 Å². The highest BCUT2D eigenvalue weighted by atomic mass is 32.1. The molecule has 6 heteroatoms. The van der Waals surface area contributed by atoms with Gasteiger partial charge in [0, 0.05) is 21.3 Å². The molecule has 0 bridgehead atoms. The van der Waals surface area contributed by atoms with Crippen LogP contribution in [0, 0.1) is 6.92 Å². The van der Waals surface area contributed by atoms with Gasteiger partial charge in [0.05, 0.1) is 11.8 Å². The van der Waals surface area contributed by atoms with Crippen LogP contribution in [-0.2, 0) is 9.53 Å². The van der Waals surface area contributed by atoms with Gasteiger partial charge in [-0.2, -0.15) is 5.10 Å². The molecule has 0 radical (unpaired) electrons. The summed E-state index contributed by atoms with van der Waals surface area (Å²) >= 11 is 1.71. The first-order chi connectivity index (χ1) is 15.0. The van der Waals surface area contributed by atoms with Crippen LogP contribution >= 0.6 is 11.3 Å². The molecule has 3 heterocycles. The fourth-order valence-corrected chi connectivity index (χ4v) is 5.49. The van der Waals surface area contributed by atoms with E-state index in [-0.39, 0.29) is 18.1 Å². The second-order valence-corrected chi connectivity index (χ2v) is 8.86. The van der Waals surface area contributed by atoms with Crippen molar-refractivity contribution in [2.75, 3.05) is 5.32 Å². The lowest BCUT2D eigenvalue weighted by Crippen LogP contribution is -2.29. The monoisotopic (exact) mass is 429 g/mol. The zero-order valence-corrected chi connectivity index (χ0v) is 18.4. The number of hydrogen-bond acceptors (Lipinski definition) is 5. The van der Waals surface area contributed by atoms with E-state index in [2.05, 4.69) is 29.5 Å². The van der Waals surface area contributed by atoms with E-state index in [0.717, 1.165) is 22.0 Å². The number of aryl methyl sites for hydroxylation is 1. The Morgan fingerprint density at radius 2 is 1.84 bits per heavy atom. The van der Waals surface area contributed by atoms with Gasteiger partial charge in [0.2, 0.25) is 0 Å². The van der Waals surface area contributed by atoms with Crippen LogP contribution in [0.3, 0.4) is 0 Å². The number of carbonyl (C=O) groups excluding carboxylic acids is 1. The molecule has 1 aliphatic rings. The predicted octanol–water partition coefficient (Wildman–Crippen LogP) is 6.00. The van der Waals surface area contributed by atoms with Gasteiger partial charge in [0.15, 0.2) is 0 Å². The van der Waals surface area contributed by atoms with E-state index in [1.54, 1.807) is 17.5 Å². The zero-order chi connectivity index (χ0) is 21.5. The summed E-state index contributed by atoms with van der Waals surface area (Å²) in [7, 11) is 0. The molecule has 156 valence electrons. The van der Waals surface area contributed by atoms with Crippen molar-refractivity contribution in [1.82, 2.24) is 9.78 Å². The number of anilines is 1. The van der Waals surface area contributed by atoms with Gasteiger partial charge in [-0.25, -0.2) is 9.48 Å². The second kappa shape index (κ2) is 7.71. The average Bonchev–Trinajstić information content (AvgIpc) is 3.37. The molecule has 31 heavy (non-hydrogen) atoms. The van der Waals surface area contributed by atoms with Crippen LogP contribution in [0.5, 0.6) is 0 Å². The fraction of sp³-hybridized carbons (Fsp3) is 0.200. The molecule has 1 aliphatic heterocycles. The molecule has 4 aromatic rings. The Morgan fingerprint density at radius 1 is 1.10 bits per heavy atom. The number of ether oxygens (including phenoxy) is 1. The SMILES string of the molecule is CC1=C(C(=O)OC(C)c2ccccc2)C(c2sc3ccccc3c2C)n2nccc2N1. The Balaban J connectivity index is 1.59. The number of nitrogens with zero attached hydrogens (tertiary/aromatic N) is 2. The maximum absolute atomic E-state index is 13.5. The van der Waals surface area contributed by atoms with Crippen molar-refractivity contribution in [3.63, 3.8) is 0 Å². The Bertz CT molecular complexity index is 1300. The molecular formula is C25H23N3O2S. The molecule has 2 unspecified atom stereocenters. The van der Waals surface area contributed by atoms with Crippen molar-refractivity contribution in [2.24, 2.45) is 0 Å². The Labute approximate surface area is 185 Å². The maximum atomic E-state index is 13.5. The van der Waals surface area contributed by atoms with Gasteiger partial charge < -0.3 is 10.1 Å². The molecule has 0 saturated heterocycles. The lowest BCUT2D eigenvalue weighted by atomic mass is 9.98. The van der Waals surface area contributed by atoms with E-state index in [0.29, 0.717) is 5.57 Å². The van der Waals surface area contributed by atoms with Crippen molar-refractivity contribution in [3.8, 4) is 0 Å². The molecule has 5 nitrogen and oxygen atoms in total. The Kier molecular flexibility index (Phi) is 4.87. The molecule has 1 N–H and O–H groups in total. The summed E-state index contributed by atoms with van der Waals surface area (Å²) in [6.45, 7) is 5.94. The third-order valence-corrected chi connectivity index (χ3v) is 7.13. The first-order valence-corrected chi connectivity index (χ1v) is 11.1. The summed E-state index contributed by atoms with van der Waals surface area (Å²) in [5.74, 6) is 0.538. The van der Waals surface area contributed by atoms with Crippen molar-refractivity contribution >= 4 is 33.2 Å². The number of thiophene rings is 1. The molecule has 2 atom stereocenters. The van der Waals surface area contributed by atoms with Crippen LogP contribution in [0.25, 0.3) is 10.1 Å². The quantitative estimate of drug-likeness (QED) is 0.404. The van der Waals surface area contributed by atoms with Crippen molar-refractivity contribution in [1.29, 1.82) is 0 Å². The van der Waals surface area contributed by atoms with E-state index < -0.39 is 0 Å². The number of nitrogens with one attached hydrogen (secondary N) is 1. The minimum Gasteiger partial charge on any atom is -0.454 e. The number of esters is 1. The van der Waals surface area contributed by atoms with Gasteiger partial charge >= 0.3 is 5.97 Å². The molecule has 0 amide bonds. The van der Waals surface area contributed by atoms with Gasteiger partial charge in [0.25, 0.3) is 0 Å². The fourth-order valence-electron chi connectivity index (χ4n) is 4.18. The smallest absolute Gasteiger partial charge is 0.338 e. The molecule has 2 aromatic carbocycles. The molecule has 0 saturated carbocycles. The van der Waals surface area contributed by atoms with Crippen molar-refractivity contribution in [2.45, 2.75) is 32.9 Å². The zero-order valence-electron chi connectivity index (χ0n) is 17.6. The lowest BCUT2D eigenvalue weighted by molar-refractivity contribution is -0.144. The number of rotatable bonds is 4. The number of allylic oxidation sites excluding steroid dienone is 1. The summed E-state index contributed by atoms with van der Waals surface area (Å²) in [4.78, 5) is 14.6. The lowest BCUT2D eigenvalue weighted by Gasteiger charge is -2.29. The van der Waals surface area contributed by atoms with Gasteiger partial charge in [-0.05, 0) is 43.4 Å². The van der Waals surface area contributed by atoms with Gasteiger partial charge in [-0.3, -0.25) is 0 Å². The number of hydrogen-bond donors (Lipinski definition) is 1. The molecule has 0 fully saturated rings. The van der Waals surface area contributed by atoms with E-state index in [4.69, 9.17) is 4.74 Å². The summed E-state index contributed by atoms with van der Waals surface area (Å²) in [5.41, 5.74) is 3.52. The van der Waals surface area contributed by atoms with E-state index >= 15 is 0 Å². The van der Waals surface area contributed by atoms with Crippen molar-refractivity contribution < 1.29 is 9.53 Å². The number of benzene rings is 2. The largest absolute Gasteiger partial charge is 0.454 e. The van der Waals surface area contributed by atoms with Gasteiger partial charge in [-0.1, -0.05) is 48.5 Å². The number of fused-ring (bicyclic) bond motifs is 2. The standard InChI is InChI=1S/C25H23N3O2S/c1-15-19-11-7-8-12-20(19)31-24(15)23-22(16(2)27-21-13-14-26-28(21)23)25(29)30-17(3)18-9-5-4-6-10-18/h4-14,17,23,27H,1-3H3. The first-order valence-electron chi connectivity index (χ1n) is 10.3. The predicted molar refractivity (Wildman–Crippen MR) is 124 cm³/mol. The molecule has 0 aliphatic carbocycles. The van der Waals surface area contributed by atoms with Crippen LogP contribution in [0.15, 0.2) is 78.1 Å². The Morgan fingerprint density at radius 3 is 2.61 bits per heavy atom. The number of carbonyl (C=O) groups is 1. The van der Waals surface area contributed by atoms with E-state index in [1.165, 1.54) is 15.6 Å². The molecule has 5 rings (SSSR count). The minimum absolute atomic E-state index is 0.329.